The van der Waals surface area contributed by atoms with Gasteiger partial charge in [-0.25, -0.2) is 0 Å². The third kappa shape index (κ3) is 5.34. The minimum absolute atomic E-state index is 0.123. The SMILES string of the molecule is CCOC(=O)CNC(=O)COc1ccc(C)cc1. The molecule has 0 aliphatic heterocycles. The predicted octanol–water partition coefficient (Wildman–Crippen LogP) is 1.05. The largest absolute Gasteiger partial charge is 0.484 e. The van der Waals surface area contributed by atoms with E-state index in [0.29, 0.717) is 12.4 Å². The molecule has 5 nitrogen and oxygen atoms in total. The first kappa shape index (κ1) is 14.0. The van der Waals surface area contributed by atoms with Crippen LogP contribution in [0.5, 0.6) is 5.75 Å². The molecule has 0 saturated heterocycles. The van der Waals surface area contributed by atoms with Gasteiger partial charge in [-0.3, -0.25) is 9.59 Å². The molecule has 1 rings (SSSR count). The van der Waals surface area contributed by atoms with Crippen molar-refractivity contribution >= 4 is 11.9 Å². The topological polar surface area (TPSA) is 64.6 Å². The van der Waals surface area contributed by atoms with E-state index in [1.165, 1.54) is 0 Å². The number of carbonyl (C=O) groups excluding carboxylic acids is 2. The first-order chi connectivity index (χ1) is 8.61. The fraction of sp³-hybridized carbons (Fsp3) is 0.385. The molecule has 0 aliphatic rings. The first-order valence-electron chi connectivity index (χ1n) is 5.73. The number of hydrogen-bond donors (Lipinski definition) is 1. The molecule has 0 heterocycles. The molecule has 0 aliphatic carbocycles. The van der Waals surface area contributed by atoms with Gasteiger partial charge in [-0.2, -0.15) is 0 Å². The fourth-order valence-corrected chi connectivity index (χ4v) is 1.22. The van der Waals surface area contributed by atoms with E-state index in [4.69, 9.17) is 4.74 Å². The number of amides is 1. The molecule has 18 heavy (non-hydrogen) atoms. The van der Waals surface area contributed by atoms with E-state index < -0.39 is 5.97 Å². The maximum absolute atomic E-state index is 11.3. The van der Waals surface area contributed by atoms with Gasteiger partial charge in [0, 0.05) is 0 Å². The molecule has 1 aromatic rings. The fourth-order valence-electron chi connectivity index (χ4n) is 1.22. The Kier molecular flexibility index (Phi) is 5.70. The summed E-state index contributed by atoms with van der Waals surface area (Å²) < 4.78 is 9.92. The Morgan fingerprint density at radius 3 is 2.50 bits per heavy atom. The van der Waals surface area contributed by atoms with Gasteiger partial charge in [0.25, 0.3) is 5.91 Å². The van der Waals surface area contributed by atoms with Crippen LogP contribution >= 0.6 is 0 Å². The van der Waals surface area contributed by atoms with Gasteiger partial charge in [-0.15, -0.1) is 0 Å². The molecule has 1 amide bonds. The number of aryl methyl sites for hydroxylation is 1. The van der Waals surface area contributed by atoms with Crippen LogP contribution in [-0.2, 0) is 14.3 Å². The third-order valence-electron chi connectivity index (χ3n) is 2.13. The number of ether oxygens (including phenoxy) is 2. The number of hydrogen-bond acceptors (Lipinski definition) is 4. The minimum Gasteiger partial charge on any atom is -0.484 e. The number of rotatable bonds is 6. The zero-order valence-electron chi connectivity index (χ0n) is 10.6. The molecule has 98 valence electrons. The van der Waals surface area contributed by atoms with Gasteiger partial charge in [0.1, 0.15) is 12.3 Å². The van der Waals surface area contributed by atoms with Crippen LogP contribution in [0.15, 0.2) is 24.3 Å². The van der Waals surface area contributed by atoms with Crippen LogP contribution in [0.4, 0.5) is 0 Å². The van der Waals surface area contributed by atoms with Crippen LogP contribution in [0.2, 0.25) is 0 Å². The monoisotopic (exact) mass is 251 g/mol. The molecule has 0 fully saturated rings. The Balaban J connectivity index is 2.24. The Labute approximate surface area is 106 Å². The second-order valence-corrected chi connectivity index (χ2v) is 3.68. The molecule has 0 bridgehead atoms. The summed E-state index contributed by atoms with van der Waals surface area (Å²) in [4.78, 5) is 22.3. The van der Waals surface area contributed by atoms with Gasteiger partial charge in [0.15, 0.2) is 6.61 Å². The van der Waals surface area contributed by atoms with Gasteiger partial charge < -0.3 is 14.8 Å². The van der Waals surface area contributed by atoms with E-state index in [2.05, 4.69) is 10.1 Å². The zero-order valence-corrected chi connectivity index (χ0v) is 10.6. The van der Waals surface area contributed by atoms with Gasteiger partial charge in [0.05, 0.1) is 6.61 Å². The Bertz CT molecular complexity index is 400. The highest BCUT2D eigenvalue weighted by Crippen LogP contribution is 2.10. The highest BCUT2D eigenvalue weighted by molar-refractivity contribution is 5.82. The van der Waals surface area contributed by atoms with E-state index in [-0.39, 0.29) is 19.1 Å². The lowest BCUT2D eigenvalue weighted by molar-refractivity contribution is -0.143. The Morgan fingerprint density at radius 1 is 1.22 bits per heavy atom. The lowest BCUT2D eigenvalue weighted by atomic mass is 10.2. The quantitative estimate of drug-likeness (QED) is 0.768. The van der Waals surface area contributed by atoms with Crippen molar-refractivity contribution in [3.8, 4) is 5.75 Å². The molecule has 1 N–H and O–H groups in total. The lowest BCUT2D eigenvalue weighted by Gasteiger charge is -2.07. The maximum atomic E-state index is 11.3. The summed E-state index contributed by atoms with van der Waals surface area (Å²) in [5.74, 6) is -0.198. The Morgan fingerprint density at radius 2 is 1.89 bits per heavy atom. The van der Waals surface area contributed by atoms with Gasteiger partial charge in [-0.1, -0.05) is 17.7 Å². The van der Waals surface area contributed by atoms with Crippen molar-refractivity contribution in [3.05, 3.63) is 29.8 Å². The summed E-state index contributed by atoms with van der Waals surface area (Å²) in [6.45, 7) is 3.72. The highest BCUT2D eigenvalue weighted by Gasteiger charge is 2.06. The number of carbonyl (C=O) groups is 2. The molecule has 1 aromatic carbocycles. The van der Waals surface area contributed by atoms with Crippen molar-refractivity contribution in [2.24, 2.45) is 0 Å². The summed E-state index contributed by atoms with van der Waals surface area (Å²) in [5, 5.41) is 2.41. The molecule has 0 atom stereocenters. The smallest absolute Gasteiger partial charge is 0.325 e. The van der Waals surface area contributed by atoms with E-state index in [9.17, 15) is 9.59 Å². The van der Waals surface area contributed by atoms with Crippen molar-refractivity contribution in [1.82, 2.24) is 5.32 Å². The molecular weight excluding hydrogens is 234 g/mol. The molecule has 5 heteroatoms. The van der Waals surface area contributed by atoms with Crippen LogP contribution in [0.1, 0.15) is 12.5 Å². The summed E-state index contributed by atoms with van der Waals surface area (Å²) >= 11 is 0. The van der Waals surface area contributed by atoms with Gasteiger partial charge in [0.2, 0.25) is 0 Å². The van der Waals surface area contributed by atoms with Gasteiger partial charge >= 0.3 is 5.97 Å². The summed E-state index contributed by atoms with van der Waals surface area (Å²) in [7, 11) is 0. The number of benzene rings is 1. The van der Waals surface area contributed by atoms with Crippen LogP contribution in [0.3, 0.4) is 0 Å². The van der Waals surface area contributed by atoms with Gasteiger partial charge in [-0.05, 0) is 26.0 Å². The van der Waals surface area contributed by atoms with Crippen molar-refractivity contribution in [1.29, 1.82) is 0 Å². The molecule has 0 spiro atoms. The maximum Gasteiger partial charge on any atom is 0.325 e. The Hall–Kier alpha value is -2.04. The molecule has 0 radical (unpaired) electrons. The van der Waals surface area contributed by atoms with Crippen molar-refractivity contribution < 1.29 is 19.1 Å². The normalized spacial score (nSPS) is 9.67. The number of nitrogens with one attached hydrogen (secondary N) is 1. The second kappa shape index (κ2) is 7.32. The van der Waals surface area contributed by atoms with E-state index in [1.807, 2.05) is 19.1 Å². The van der Waals surface area contributed by atoms with Crippen LogP contribution in [-0.4, -0.2) is 31.6 Å². The average molecular weight is 251 g/mol. The number of esters is 1. The van der Waals surface area contributed by atoms with Crippen LogP contribution in [0, 0.1) is 6.92 Å². The first-order valence-corrected chi connectivity index (χ1v) is 5.73. The van der Waals surface area contributed by atoms with E-state index >= 15 is 0 Å². The van der Waals surface area contributed by atoms with Crippen molar-refractivity contribution in [3.63, 3.8) is 0 Å². The lowest BCUT2D eigenvalue weighted by Crippen LogP contribution is -2.34. The van der Waals surface area contributed by atoms with Crippen molar-refractivity contribution in [2.45, 2.75) is 13.8 Å². The summed E-state index contributed by atoms with van der Waals surface area (Å²) in [6.07, 6.45) is 0. The van der Waals surface area contributed by atoms with E-state index in [0.717, 1.165) is 5.56 Å². The summed E-state index contributed by atoms with van der Waals surface area (Å²) in [5.41, 5.74) is 1.12. The average Bonchev–Trinajstić information content (AvgIpc) is 2.36. The second-order valence-electron chi connectivity index (χ2n) is 3.68. The third-order valence-corrected chi connectivity index (χ3v) is 2.13. The molecule has 0 saturated carbocycles. The van der Waals surface area contributed by atoms with Crippen LogP contribution in [0.25, 0.3) is 0 Å². The molecule has 0 aromatic heterocycles. The predicted molar refractivity (Wildman–Crippen MR) is 66.3 cm³/mol. The molecular formula is C13H17NO4. The van der Waals surface area contributed by atoms with Crippen LogP contribution < -0.4 is 10.1 Å². The minimum atomic E-state index is -0.457. The molecule has 0 unspecified atom stereocenters. The van der Waals surface area contributed by atoms with E-state index in [1.54, 1.807) is 19.1 Å². The standard InChI is InChI=1S/C13H17NO4/c1-3-17-13(16)8-14-12(15)9-18-11-6-4-10(2)5-7-11/h4-7H,3,8-9H2,1-2H3,(H,14,15). The summed E-state index contributed by atoms with van der Waals surface area (Å²) in [6, 6.07) is 7.36. The zero-order chi connectivity index (χ0) is 13.4. The highest BCUT2D eigenvalue weighted by atomic mass is 16.5. The van der Waals surface area contributed by atoms with Crippen molar-refractivity contribution in [2.75, 3.05) is 19.8 Å².